The first-order valence-electron chi connectivity index (χ1n) is 6.43. The van der Waals surface area contributed by atoms with Gasteiger partial charge in [0.1, 0.15) is 6.10 Å². The number of aliphatic carboxylic acids is 1. The second kappa shape index (κ2) is 7.89. The Labute approximate surface area is 142 Å². The van der Waals surface area contributed by atoms with Crippen molar-refractivity contribution in [2.24, 2.45) is 17.8 Å². The van der Waals surface area contributed by atoms with Gasteiger partial charge < -0.3 is 14.4 Å². The van der Waals surface area contributed by atoms with Crippen LogP contribution in [-0.2, 0) is 25.4 Å². The van der Waals surface area contributed by atoms with E-state index in [9.17, 15) is 18.4 Å². The summed E-state index contributed by atoms with van der Waals surface area (Å²) in [6.45, 7) is 0.408. The van der Waals surface area contributed by atoms with E-state index in [2.05, 4.69) is 0 Å². The molecule has 1 N–H and O–H groups in total. The van der Waals surface area contributed by atoms with Crippen LogP contribution in [0.2, 0.25) is 0 Å². The maximum absolute atomic E-state index is 11.3. The van der Waals surface area contributed by atoms with Gasteiger partial charge in [0.25, 0.3) is 6.47 Å². The Hall–Kier alpha value is 0.0500. The number of carbonyl (C=O) groups is 2. The van der Waals surface area contributed by atoms with Crippen molar-refractivity contribution < 1.29 is 57.8 Å². The molecule has 20 heavy (non-hydrogen) atoms. The summed E-state index contributed by atoms with van der Waals surface area (Å²) >= 11 is -2.25. The van der Waals surface area contributed by atoms with E-state index >= 15 is 0 Å². The molecule has 0 radical (unpaired) electrons. The van der Waals surface area contributed by atoms with Gasteiger partial charge in [-0.25, -0.2) is 0 Å². The van der Waals surface area contributed by atoms with Gasteiger partial charge in [-0.1, -0.05) is 11.1 Å². The third-order valence-corrected chi connectivity index (χ3v) is 5.46. The van der Waals surface area contributed by atoms with Crippen LogP contribution in [0.3, 0.4) is 0 Å². The maximum atomic E-state index is 11.3. The molecule has 2 fully saturated rings. The van der Waals surface area contributed by atoms with Crippen LogP contribution >= 0.6 is 0 Å². The second-order valence-electron chi connectivity index (χ2n) is 5.40. The van der Waals surface area contributed by atoms with Gasteiger partial charge in [0.2, 0.25) is 0 Å². The number of hydrogen-bond donors (Lipinski definition) is 1. The first-order chi connectivity index (χ1) is 9.02. The molecule has 2 aliphatic carbocycles. The number of carbonyl (C=O) groups excluding carboxylic acids is 1. The Morgan fingerprint density at radius 2 is 2.00 bits per heavy atom. The minimum absolute atomic E-state index is 0. The van der Waals surface area contributed by atoms with Crippen molar-refractivity contribution in [2.45, 2.75) is 43.5 Å². The monoisotopic (exact) mass is 312 g/mol. The van der Waals surface area contributed by atoms with E-state index in [-0.39, 0.29) is 53.9 Å². The number of hydrogen-bond acceptors (Lipinski definition) is 5. The molecule has 0 heterocycles. The van der Waals surface area contributed by atoms with Gasteiger partial charge in [-0.2, -0.15) is 0 Å². The predicted octanol–water partition coefficient (Wildman–Crippen LogP) is -2.31. The van der Waals surface area contributed by atoms with E-state index in [0.29, 0.717) is 32.2 Å². The van der Waals surface area contributed by atoms with Crippen molar-refractivity contribution in [3.63, 3.8) is 0 Å². The second-order valence-corrected chi connectivity index (χ2v) is 6.52. The van der Waals surface area contributed by atoms with E-state index in [0.717, 1.165) is 0 Å². The summed E-state index contributed by atoms with van der Waals surface area (Å²) in [6, 6.07) is 0. The molecule has 0 aromatic heterocycles. The van der Waals surface area contributed by atoms with Crippen LogP contribution < -0.4 is 29.6 Å². The summed E-state index contributed by atoms with van der Waals surface area (Å²) in [7, 11) is 0. The van der Waals surface area contributed by atoms with Gasteiger partial charge in [-0.3, -0.25) is 13.8 Å². The Bertz CT molecular complexity index is 390. The van der Waals surface area contributed by atoms with Gasteiger partial charge in [0.05, 0.1) is 5.92 Å². The fraction of sp³-hybridized carbons (Fsp3) is 0.833. The number of carboxylic acids is 1. The average molecular weight is 312 g/mol. The zero-order chi connectivity index (χ0) is 14.0. The van der Waals surface area contributed by atoms with Gasteiger partial charge in [-0.15, -0.1) is 0 Å². The summed E-state index contributed by atoms with van der Waals surface area (Å²) in [5.41, 5.74) is 0. The number of ether oxygens (including phenoxy) is 1. The molecular formula is C12H17NaO6S. The van der Waals surface area contributed by atoms with Gasteiger partial charge in [0.15, 0.2) is 0 Å². The molecule has 0 amide bonds. The minimum Gasteiger partial charge on any atom is -0.772 e. The molecule has 0 bridgehead atoms. The van der Waals surface area contributed by atoms with Crippen molar-refractivity contribution in [3.8, 4) is 0 Å². The summed E-state index contributed by atoms with van der Waals surface area (Å²) in [4.78, 5) is 21.5. The molecule has 0 aromatic rings. The Morgan fingerprint density at radius 1 is 1.30 bits per heavy atom. The topological polar surface area (TPSA) is 104 Å². The van der Waals surface area contributed by atoms with Crippen LogP contribution in [-0.4, -0.2) is 37.7 Å². The molecule has 8 heteroatoms. The van der Waals surface area contributed by atoms with E-state index in [1.807, 2.05) is 0 Å². The molecule has 6 nitrogen and oxygen atoms in total. The van der Waals surface area contributed by atoms with Gasteiger partial charge in [0, 0.05) is 5.25 Å². The van der Waals surface area contributed by atoms with E-state index < -0.39 is 28.2 Å². The molecular weight excluding hydrogens is 295 g/mol. The number of carboxylic acid groups (broad SMARTS) is 1. The summed E-state index contributed by atoms with van der Waals surface area (Å²) in [6.07, 6.45) is 2.38. The molecule has 0 saturated heterocycles. The Balaban J connectivity index is 0.00000200. The molecule has 6 unspecified atom stereocenters. The van der Waals surface area contributed by atoms with Crippen LogP contribution in [0.15, 0.2) is 0 Å². The zero-order valence-electron chi connectivity index (χ0n) is 11.4. The molecule has 2 saturated carbocycles. The van der Waals surface area contributed by atoms with Crippen molar-refractivity contribution in [1.82, 2.24) is 0 Å². The average Bonchev–Trinajstić information content (AvgIpc) is 2.37. The van der Waals surface area contributed by atoms with Crippen LogP contribution in [0.5, 0.6) is 0 Å². The molecule has 2 rings (SSSR count). The van der Waals surface area contributed by atoms with E-state index in [4.69, 9.17) is 9.84 Å². The third-order valence-electron chi connectivity index (χ3n) is 4.42. The first kappa shape index (κ1) is 18.1. The van der Waals surface area contributed by atoms with Crippen LogP contribution in [0.25, 0.3) is 0 Å². The smallest absolute Gasteiger partial charge is 0.772 e. The molecule has 0 aromatic carbocycles. The largest absolute Gasteiger partial charge is 1.00 e. The van der Waals surface area contributed by atoms with Crippen LogP contribution in [0.4, 0.5) is 0 Å². The number of rotatable bonds is 4. The molecule has 108 valence electrons. The first-order valence-corrected chi connectivity index (χ1v) is 7.56. The fourth-order valence-corrected chi connectivity index (χ4v) is 4.58. The molecule has 0 spiro atoms. The molecule has 0 aliphatic heterocycles. The fourth-order valence-electron chi connectivity index (χ4n) is 3.55. The standard InChI is InChI=1S/C12H18O6S.Na/c13-6-18-9-1-2-10-7(4-9)3-8(12(14)15)5-11(10)19(16)17;/h6-11H,1-5H2,(H,14,15)(H,16,17);/q;+1/p-1. The normalized spacial score (nSPS) is 38.0. The minimum atomic E-state index is -2.25. The van der Waals surface area contributed by atoms with Gasteiger partial charge in [-0.05, 0) is 43.9 Å². The Morgan fingerprint density at radius 3 is 2.55 bits per heavy atom. The molecule has 6 atom stereocenters. The zero-order valence-corrected chi connectivity index (χ0v) is 14.2. The van der Waals surface area contributed by atoms with Crippen molar-refractivity contribution in [1.29, 1.82) is 0 Å². The summed E-state index contributed by atoms with van der Waals surface area (Å²) in [5, 5.41) is 8.52. The SMILES string of the molecule is O=COC1CCC2C(C1)CC(C(=O)O)CC2S(=O)[O-].[Na+]. The predicted molar refractivity (Wildman–Crippen MR) is 64.8 cm³/mol. The summed E-state index contributed by atoms with van der Waals surface area (Å²) in [5.74, 6) is -1.54. The van der Waals surface area contributed by atoms with Crippen LogP contribution in [0.1, 0.15) is 32.1 Å². The third kappa shape index (κ3) is 4.04. The molecule has 2 aliphatic rings. The quantitative estimate of drug-likeness (QED) is 0.355. The van der Waals surface area contributed by atoms with Crippen molar-refractivity contribution in [2.75, 3.05) is 0 Å². The maximum Gasteiger partial charge on any atom is 1.00 e. The van der Waals surface area contributed by atoms with Crippen LogP contribution in [0, 0.1) is 17.8 Å². The Kier molecular flexibility index (Phi) is 7.14. The van der Waals surface area contributed by atoms with E-state index in [1.165, 1.54) is 0 Å². The number of fused-ring (bicyclic) bond motifs is 1. The van der Waals surface area contributed by atoms with Crippen molar-refractivity contribution in [3.05, 3.63) is 0 Å². The van der Waals surface area contributed by atoms with Gasteiger partial charge >= 0.3 is 35.5 Å². The van der Waals surface area contributed by atoms with Crippen molar-refractivity contribution >= 4 is 23.5 Å². The van der Waals surface area contributed by atoms with E-state index in [1.54, 1.807) is 0 Å². The summed E-state index contributed by atoms with van der Waals surface area (Å²) < 4.78 is 27.5.